The molecular weight excluding hydrogens is 326 g/mol. The van der Waals surface area contributed by atoms with Crippen LogP contribution in [0.1, 0.15) is 12.6 Å². The Morgan fingerprint density at radius 3 is 2.81 bits per heavy atom. The first kappa shape index (κ1) is 16.1. The smallest absolute Gasteiger partial charge is 0.180 e. The molecule has 0 saturated heterocycles. The van der Waals surface area contributed by atoms with E-state index in [2.05, 4.69) is 40.9 Å². The molecule has 2 N–H and O–H groups in total. The predicted molar refractivity (Wildman–Crippen MR) is 104 cm³/mol. The fourth-order valence-corrected chi connectivity index (χ4v) is 3.08. The molecule has 4 rings (SSSR count). The number of fused-ring (bicyclic) bond motifs is 1. The van der Waals surface area contributed by atoms with Gasteiger partial charge in [0.2, 0.25) is 0 Å². The molecular formula is C20H19N5O. The maximum atomic E-state index is 9.61. The normalized spacial score (nSPS) is 13.7. The largest absolute Gasteiger partial charge is 0.337 e. The zero-order chi connectivity index (χ0) is 18.3. The van der Waals surface area contributed by atoms with E-state index in [1.54, 1.807) is 13.2 Å². The molecule has 1 aromatic carbocycles. The fourth-order valence-electron chi connectivity index (χ4n) is 3.08. The molecule has 0 fully saturated rings. The fraction of sp³-hybridized carbons (Fsp3) is 0.100. The van der Waals surface area contributed by atoms with Crippen LogP contribution in [0.4, 0.5) is 17.2 Å². The lowest BCUT2D eigenvalue weighted by Gasteiger charge is -2.13. The summed E-state index contributed by atoms with van der Waals surface area (Å²) >= 11 is 0. The van der Waals surface area contributed by atoms with Crippen LogP contribution in [0.25, 0.3) is 11.2 Å². The lowest BCUT2D eigenvalue weighted by Crippen LogP contribution is -2.09. The molecule has 3 aromatic rings. The summed E-state index contributed by atoms with van der Waals surface area (Å²) in [6.07, 6.45) is 9.64. The number of nitrogens with zero attached hydrogens (tertiary/aromatic N) is 4. The summed E-state index contributed by atoms with van der Waals surface area (Å²) in [5.74, 6) is 0.644. The number of rotatable bonds is 4. The third-order valence-electron chi connectivity index (χ3n) is 4.31. The molecule has 6 nitrogen and oxygen atoms in total. The second-order valence-electron chi connectivity index (χ2n) is 6.28. The quantitative estimate of drug-likeness (QED) is 0.694. The van der Waals surface area contributed by atoms with E-state index in [1.807, 2.05) is 41.1 Å². The molecule has 2 heterocycles. The summed E-state index contributed by atoms with van der Waals surface area (Å²) in [4.78, 5) is 8.97. The number of hydroxylamine groups is 1. The monoisotopic (exact) mass is 345 g/mol. The number of aromatic nitrogens is 3. The van der Waals surface area contributed by atoms with E-state index in [0.717, 1.165) is 33.2 Å². The number of hydrogen-bond acceptors (Lipinski definition) is 5. The molecule has 26 heavy (non-hydrogen) atoms. The summed E-state index contributed by atoms with van der Waals surface area (Å²) in [5, 5.41) is 14.0. The van der Waals surface area contributed by atoms with E-state index in [4.69, 9.17) is 0 Å². The van der Waals surface area contributed by atoms with Gasteiger partial charge in [0, 0.05) is 30.7 Å². The highest BCUT2D eigenvalue weighted by Gasteiger charge is 2.16. The van der Waals surface area contributed by atoms with Crippen LogP contribution < -0.4 is 10.4 Å². The van der Waals surface area contributed by atoms with Crippen LogP contribution in [-0.2, 0) is 0 Å². The highest BCUT2D eigenvalue weighted by atomic mass is 16.5. The number of imidazole rings is 1. The lowest BCUT2D eigenvalue weighted by atomic mass is 10.1. The van der Waals surface area contributed by atoms with E-state index in [1.165, 1.54) is 5.57 Å². The third-order valence-corrected chi connectivity index (χ3v) is 4.31. The van der Waals surface area contributed by atoms with Gasteiger partial charge in [0.15, 0.2) is 11.5 Å². The Bertz CT molecular complexity index is 1070. The van der Waals surface area contributed by atoms with Crippen LogP contribution in [0.2, 0.25) is 0 Å². The highest BCUT2D eigenvalue weighted by Crippen LogP contribution is 2.32. The van der Waals surface area contributed by atoms with Crippen molar-refractivity contribution in [1.29, 1.82) is 0 Å². The first-order valence-corrected chi connectivity index (χ1v) is 8.24. The van der Waals surface area contributed by atoms with Gasteiger partial charge in [-0.1, -0.05) is 18.7 Å². The van der Waals surface area contributed by atoms with Gasteiger partial charge in [0.05, 0.1) is 17.6 Å². The van der Waals surface area contributed by atoms with Crippen molar-refractivity contribution >= 4 is 28.4 Å². The van der Waals surface area contributed by atoms with Crippen LogP contribution >= 0.6 is 0 Å². The molecule has 0 bridgehead atoms. The number of anilines is 3. The first-order valence-electron chi connectivity index (χ1n) is 8.24. The van der Waals surface area contributed by atoms with Gasteiger partial charge in [-0.3, -0.25) is 14.7 Å². The van der Waals surface area contributed by atoms with Crippen LogP contribution in [0.3, 0.4) is 0 Å². The SMILES string of the molecule is C=C1C=C(C)C=C1c1cnc2c(Nc3cccc(N(C)O)c3)nccn12. The summed E-state index contributed by atoms with van der Waals surface area (Å²) in [7, 11) is 1.58. The average Bonchev–Trinajstić information content (AvgIpc) is 3.18. The molecule has 1 aliphatic carbocycles. The topological polar surface area (TPSA) is 65.7 Å². The Hall–Kier alpha value is -3.38. The van der Waals surface area contributed by atoms with Gasteiger partial charge in [-0.05, 0) is 42.3 Å². The van der Waals surface area contributed by atoms with E-state index >= 15 is 0 Å². The summed E-state index contributed by atoms with van der Waals surface area (Å²) in [6.45, 7) is 6.18. The standard InChI is InChI=1S/C20H19N5O/c1-13-9-14(2)17(10-13)18-12-22-20-19(21-7-8-25(18)20)23-15-5-4-6-16(11-15)24(3)26/h4-12,26H,2H2,1,3H3,(H,21,23). The first-order chi connectivity index (χ1) is 12.5. The van der Waals surface area contributed by atoms with Crippen LogP contribution in [0, 0.1) is 0 Å². The van der Waals surface area contributed by atoms with E-state index in [9.17, 15) is 5.21 Å². The van der Waals surface area contributed by atoms with E-state index in [-0.39, 0.29) is 0 Å². The van der Waals surface area contributed by atoms with Gasteiger partial charge >= 0.3 is 0 Å². The summed E-state index contributed by atoms with van der Waals surface area (Å²) < 4.78 is 2.00. The maximum Gasteiger partial charge on any atom is 0.180 e. The van der Waals surface area contributed by atoms with Crippen LogP contribution in [-0.4, -0.2) is 26.6 Å². The molecule has 0 amide bonds. The second kappa shape index (κ2) is 6.16. The van der Waals surface area contributed by atoms with Crippen molar-refractivity contribution in [1.82, 2.24) is 14.4 Å². The molecule has 0 aliphatic heterocycles. The molecule has 2 aromatic heterocycles. The molecule has 1 aliphatic rings. The minimum atomic E-state index is 0.644. The minimum absolute atomic E-state index is 0.644. The van der Waals surface area contributed by atoms with Crippen LogP contribution in [0.5, 0.6) is 0 Å². The lowest BCUT2D eigenvalue weighted by molar-refractivity contribution is 0.279. The Kier molecular flexibility index (Phi) is 3.82. The van der Waals surface area contributed by atoms with Gasteiger partial charge in [-0.25, -0.2) is 9.97 Å². The highest BCUT2D eigenvalue weighted by molar-refractivity contribution is 5.87. The molecule has 0 saturated carbocycles. The predicted octanol–water partition coefficient (Wildman–Crippen LogP) is 4.20. The number of nitrogens with one attached hydrogen (secondary N) is 1. The van der Waals surface area contributed by atoms with Gasteiger partial charge < -0.3 is 5.32 Å². The van der Waals surface area contributed by atoms with Crippen molar-refractivity contribution in [3.05, 3.63) is 78.4 Å². The number of allylic oxidation sites excluding steroid dienone is 5. The van der Waals surface area contributed by atoms with Crippen LogP contribution in [0.15, 0.2) is 72.7 Å². The van der Waals surface area contributed by atoms with Crippen molar-refractivity contribution in [2.24, 2.45) is 0 Å². The van der Waals surface area contributed by atoms with E-state index < -0.39 is 0 Å². The Morgan fingerprint density at radius 1 is 1.23 bits per heavy atom. The van der Waals surface area contributed by atoms with Crippen molar-refractivity contribution in [3.63, 3.8) is 0 Å². The molecule has 0 unspecified atom stereocenters. The number of hydrogen-bond donors (Lipinski definition) is 2. The zero-order valence-electron chi connectivity index (χ0n) is 14.6. The van der Waals surface area contributed by atoms with Crippen molar-refractivity contribution < 1.29 is 5.21 Å². The van der Waals surface area contributed by atoms with Gasteiger partial charge in [0.1, 0.15) is 0 Å². The van der Waals surface area contributed by atoms with E-state index in [0.29, 0.717) is 11.5 Å². The average molecular weight is 345 g/mol. The Morgan fingerprint density at radius 2 is 2.08 bits per heavy atom. The van der Waals surface area contributed by atoms with Crippen molar-refractivity contribution in [2.45, 2.75) is 6.92 Å². The molecule has 130 valence electrons. The van der Waals surface area contributed by atoms with Gasteiger partial charge in [-0.2, -0.15) is 0 Å². The summed E-state index contributed by atoms with van der Waals surface area (Å²) in [6, 6.07) is 7.43. The molecule has 6 heteroatoms. The van der Waals surface area contributed by atoms with Crippen molar-refractivity contribution in [2.75, 3.05) is 17.4 Å². The Balaban J connectivity index is 1.73. The molecule has 0 spiro atoms. The second-order valence-corrected chi connectivity index (χ2v) is 6.28. The molecule has 0 radical (unpaired) electrons. The van der Waals surface area contributed by atoms with Crippen molar-refractivity contribution in [3.8, 4) is 0 Å². The Labute approximate surface area is 151 Å². The third kappa shape index (κ3) is 2.76. The molecule has 0 atom stereocenters. The maximum absolute atomic E-state index is 9.61. The summed E-state index contributed by atoms with van der Waals surface area (Å²) in [5.41, 5.74) is 6.43. The van der Waals surface area contributed by atoms with Gasteiger partial charge in [-0.15, -0.1) is 0 Å². The van der Waals surface area contributed by atoms with Gasteiger partial charge in [0.25, 0.3) is 0 Å². The minimum Gasteiger partial charge on any atom is -0.337 e. The zero-order valence-corrected chi connectivity index (χ0v) is 14.6. The number of benzene rings is 1.